The highest BCUT2D eigenvalue weighted by Crippen LogP contribution is 2.35. The van der Waals surface area contributed by atoms with Gasteiger partial charge in [-0.25, -0.2) is 0 Å². The second kappa shape index (κ2) is 7.11. The maximum absolute atomic E-state index is 5.52. The van der Waals surface area contributed by atoms with Gasteiger partial charge in [-0.1, -0.05) is 12.1 Å². The van der Waals surface area contributed by atoms with Crippen molar-refractivity contribution >= 4 is 0 Å². The number of hydrogen-bond donors (Lipinski definition) is 1. The van der Waals surface area contributed by atoms with Crippen LogP contribution >= 0.6 is 0 Å². The van der Waals surface area contributed by atoms with Gasteiger partial charge in [0.25, 0.3) is 0 Å². The van der Waals surface area contributed by atoms with Gasteiger partial charge in [0.2, 0.25) is 6.79 Å². The van der Waals surface area contributed by atoms with E-state index >= 15 is 0 Å². The molecule has 0 bridgehead atoms. The average Bonchev–Trinajstić information content (AvgIpc) is 2.98. The van der Waals surface area contributed by atoms with Gasteiger partial charge in [-0.05, 0) is 32.6 Å². The summed E-state index contributed by atoms with van der Waals surface area (Å²) in [4.78, 5) is 4.95. The van der Waals surface area contributed by atoms with Crippen LogP contribution < -0.4 is 14.8 Å². The highest BCUT2D eigenvalue weighted by molar-refractivity contribution is 5.48. The molecule has 21 heavy (non-hydrogen) atoms. The van der Waals surface area contributed by atoms with Crippen LogP contribution in [0, 0.1) is 0 Å². The third-order valence-electron chi connectivity index (χ3n) is 4.22. The molecule has 5 heteroatoms. The van der Waals surface area contributed by atoms with Gasteiger partial charge >= 0.3 is 0 Å². The van der Waals surface area contributed by atoms with Crippen molar-refractivity contribution in [2.75, 3.05) is 53.1 Å². The standard InChI is InChI=1S/C16H25N3O2/c1-18-8-10-19(11-9-18)7-3-6-17-12-14-4-2-5-15-16(14)21-13-20-15/h2,4-5,17H,3,6-13H2,1H3. The zero-order valence-electron chi connectivity index (χ0n) is 12.8. The smallest absolute Gasteiger partial charge is 0.231 e. The summed E-state index contributed by atoms with van der Waals surface area (Å²) in [5, 5.41) is 3.51. The lowest BCUT2D eigenvalue weighted by atomic mass is 10.2. The van der Waals surface area contributed by atoms with Crippen LogP contribution in [-0.4, -0.2) is 62.9 Å². The summed E-state index contributed by atoms with van der Waals surface area (Å²) in [6, 6.07) is 6.08. The predicted octanol–water partition coefficient (Wildman–Crippen LogP) is 1.14. The Kier molecular flexibility index (Phi) is 4.95. The number of hydrogen-bond acceptors (Lipinski definition) is 5. The third-order valence-corrected chi connectivity index (χ3v) is 4.22. The lowest BCUT2D eigenvalue weighted by Crippen LogP contribution is -2.45. The van der Waals surface area contributed by atoms with Gasteiger partial charge in [-0.15, -0.1) is 0 Å². The summed E-state index contributed by atoms with van der Waals surface area (Å²) in [5.41, 5.74) is 1.18. The first-order valence-electron chi connectivity index (χ1n) is 7.82. The molecule has 0 aromatic heterocycles. The minimum absolute atomic E-state index is 0.343. The second-order valence-corrected chi connectivity index (χ2v) is 5.83. The first-order valence-corrected chi connectivity index (χ1v) is 7.82. The van der Waals surface area contributed by atoms with Crippen LogP contribution in [0.1, 0.15) is 12.0 Å². The Bertz CT molecular complexity index is 459. The Balaban J connectivity index is 1.35. The van der Waals surface area contributed by atoms with E-state index < -0.39 is 0 Å². The van der Waals surface area contributed by atoms with Crippen molar-refractivity contribution in [1.82, 2.24) is 15.1 Å². The van der Waals surface area contributed by atoms with E-state index in [4.69, 9.17) is 9.47 Å². The number of nitrogens with one attached hydrogen (secondary N) is 1. The molecule has 0 saturated carbocycles. The van der Waals surface area contributed by atoms with Crippen molar-refractivity contribution in [3.63, 3.8) is 0 Å². The molecule has 1 saturated heterocycles. The Morgan fingerprint density at radius 3 is 2.86 bits per heavy atom. The summed E-state index contributed by atoms with van der Waals surface area (Å²) < 4.78 is 10.9. The fourth-order valence-corrected chi connectivity index (χ4v) is 2.85. The number of likely N-dealkylation sites (N-methyl/N-ethyl adjacent to an activating group) is 1. The summed E-state index contributed by atoms with van der Waals surface area (Å²) in [6.45, 7) is 8.21. The summed E-state index contributed by atoms with van der Waals surface area (Å²) in [7, 11) is 2.20. The number of fused-ring (bicyclic) bond motifs is 1. The molecule has 5 nitrogen and oxygen atoms in total. The summed E-state index contributed by atoms with van der Waals surface area (Å²) in [6.07, 6.45) is 1.19. The van der Waals surface area contributed by atoms with E-state index in [0.717, 1.165) is 24.6 Å². The molecule has 116 valence electrons. The summed E-state index contributed by atoms with van der Waals surface area (Å²) >= 11 is 0. The molecular formula is C16H25N3O2. The van der Waals surface area contributed by atoms with Gasteiger partial charge in [0.15, 0.2) is 11.5 Å². The highest BCUT2D eigenvalue weighted by atomic mass is 16.7. The first-order chi connectivity index (χ1) is 10.3. The Hall–Kier alpha value is -1.30. The van der Waals surface area contributed by atoms with E-state index in [1.807, 2.05) is 12.1 Å². The van der Waals surface area contributed by atoms with Crippen molar-refractivity contribution in [3.05, 3.63) is 23.8 Å². The normalized spacial score (nSPS) is 19.1. The van der Waals surface area contributed by atoms with E-state index in [1.165, 1.54) is 44.7 Å². The molecule has 1 fully saturated rings. The van der Waals surface area contributed by atoms with Crippen molar-refractivity contribution in [1.29, 1.82) is 0 Å². The van der Waals surface area contributed by atoms with E-state index in [2.05, 4.69) is 28.2 Å². The van der Waals surface area contributed by atoms with Crippen LogP contribution in [0.15, 0.2) is 18.2 Å². The Morgan fingerprint density at radius 1 is 1.14 bits per heavy atom. The molecule has 0 radical (unpaired) electrons. The lowest BCUT2D eigenvalue weighted by Gasteiger charge is -2.32. The second-order valence-electron chi connectivity index (χ2n) is 5.83. The van der Waals surface area contributed by atoms with Crippen molar-refractivity contribution < 1.29 is 9.47 Å². The van der Waals surface area contributed by atoms with E-state index in [9.17, 15) is 0 Å². The van der Waals surface area contributed by atoms with Gasteiger partial charge in [0, 0.05) is 38.3 Å². The van der Waals surface area contributed by atoms with Crippen molar-refractivity contribution in [3.8, 4) is 11.5 Å². The molecule has 0 unspecified atom stereocenters. The molecule has 1 N–H and O–H groups in total. The SMILES string of the molecule is CN1CCN(CCCNCc2cccc3c2OCO3)CC1. The molecular weight excluding hydrogens is 266 g/mol. The molecule has 2 aliphatic heterocycles. The molecule has 0 aliphatic carbocycles. The Morgan fingerprint density at radius 2 is 2.00 bits per heavy atom. The number of nitrogens with zero attached hydrogens (tertiary/aromatic N) is 2. The van der Waals surface area contributed by atoms with Crippen LogP contribution in [0.4, 0.5) is 0 Å². The van der Waals surface area contributed by atoms with Gasteiger partial charge in [-0.3, -0.25) is 0 Å². The van der Waals surface area contributed by atoms with Crippen molar-refractivity contribution in [2.45, 2.75) is 13.0 Å². The van der Waals surface area contributed by atoms with Gasteiger partial charge in [-0.2, -0.15) is 0 Å². The van der Waals surface area contributed by atoms with Crippen LogP contribution in [0.25, 0.3) is 0 Å². The fourth-order valence-electron chi connectivity index (χ4n) is 2.85. The minimum Gasteiger partial charge on any atom is -0.454 e. The molecule has 0 amide bonds. The molecule has 0 atom stereocenters. The van der Waals surface area contributed by atoms with Gasteiger partial charge in [0.1, 0.15) is 0 Å². The third kappa shape index (κ3) is 3.87. The molecule has 3 rings (SSSR count). The quantitative estimate of drug-likeness (QED) is 0.796. The average molecular weight is 291 g/mol. The molecule has 1 aromatic carbocycles. The number of piperazine rings is 1. The van der Waals surface area contributed by atoms with Gasteiger partial charge < -0.3 is 24.6 Å². The number of para-hydroxylation sites is 1. The minimum atomic E-state index is 0.343. The first kappa shape index (κ1) is 14.6. The predicted molar refractivity (Wildman–Crippen MR) is 82.8 cm³/mol. The van der Waals surface area contributed by atoms with Crippen molar-refractivity contribution in [2.24, 2.45) is 0 Å². The van der Waals surface area contributed by atoms with E-state index in [-0.39, 0.29) is 0 Å². The maximum atomic E-state index is 5.52. The number of benzene rings is 1. The van der Waals surface area contributed by atoms with Crippen LogP contribution in [0.3, 0.4) is 0 Å². The molecule has 0 spiro atoms. The highest BCUT2D eigenvalue weighted by Gasteiger charge is 2.16. The summed E-state index contributed by atoms with van der Waals surface area (Å²) in [5.74, 6) is 1.77. The molecule has 1 aromatic rings. The monoisotopic (exact) mass is 291 g/mol. The molecule has 2 heterocycles. The maximum Gasteiger partial charge on any atom is 0.231 e. The van der Waals surface area contributed by atoms with Crippen LogP contribution in [-0.2, 0) is 6.54 Å². The number of rotatable bonds is 6. The fraction of sp³-hybridized carbons (Fsp3) is 0.625. The topological polar surface area (TPSA) is 37.0 Å². The lowest BCUT2D eigenvalue weighted by molar-refractivity contribution is 0.152. The van der Waals surface area contributed by atoms with Crippen LogP contribution in [0.5, 0.6) is 11.5 Å². The van der Waals surface area contributed by atoms with E-state index in [0.29, 0.717) is 6.79 Å². The van der Waals surface area contributed by atoms with Gasteiger partial charge in [0.05, 0.1) is 0 Å². The van der Waals surface area contributed by atoms with E-state index in [1.54, 1.807) is 0 Å². The van der Waals surface area contributed by atoms with Crippen LogP contribution in [0.2, 0.25) is 0 Å². The zero-order chi connectivity index (χ0) is 14.5. The Labute approximate surface area is 126 Å². The molecule has 2 aliphatic rings. The largest absolute Gasteiger partial charge is 0.454 e. The zero-order valence-corrected chi connectivity index (χ0v) is 12.8. The number of ether oxygens (including phenoxy) is 2.